The fourth-order valence-electron chi connectivity index (χ4n) is 3.28. The summed E-state index contributed by atoms with van der Waals surface area (Å²) in [4.78, 5) is 21.2. The molecular formula is C20H20ClFN4O3. The number of amides is 2. The Balaban J connectivity index is 1.53. The third-order valence-corrected chi connectivity index (χ3v) is 5.12. The molecule has 3 heterocycles. The van der Waals surface area contributed by atoms with Crippen LogP contribution in [-0.2, 0) is 11.3 Å². The van der Waals surface area contributed by atoms with Crippen LogP contribution in [-0.4, -0.2) is 54.3 Å². The minimum absolute atomic E-state index is 0.0733. The number of carbonyl (C=O) groups excluding carboxylic acids is 1. The third kappa shape index (κ3) is 4.13. The monoisotopic (exact) mass is 418 g/mol. The molecule has 2 amide bonds. The van der Waals surface area contributed by atoms with Crippen molar-refractivity contribution in [1.29, 1.82) is 0 Å². The number of ether oxygens (including phenoxy) is 2. The van der Waals surface area contributed by atoms with Gasteiger partial charge in [-0.15, -0.1) is 0 Å². The Bertz CT molecular complexity index is 1050. The molecular weight excluding hydrogens is 399 g/mol. The smallest absolute Gasteiger partial charge is 0.317 e. The number of hydrogen-bond acceptors (Lipinski definition) is 4. The number of aromatic amines is 1. The van der Waals surface area contributed by atoms with E-state index in [0.717, 1.165) is 16.6 Å². The van der Waals surface area contributed by atoms with Gasteiger partial charge in [0.15, 0.2) is 5.75 Å². The molecule has 9 heteroatoms. The van der Waals surface area contributed by atoms with Gasteiger partial charge in [0.05, 0.1) is 37.6 Å². The number of benzene rings is 1. The average Bonchev–Trinajstić information content (AvgIpc) is 3.13. The lowest BCUT2D eigenvalue weighted by molar-refractivity contribution is 0.0531. The zero-order valence-electron chi connectivity index (χ0n) is 15.8. The van der Waals surface area contributed by atoms with Crippen LogP contribution in [0.5, 0.6) is 5.75 Å². The molecule has 1 aliphatic rings. The summed E-state index contributed by atoms with van der Waals surface area (Å²) < 4.78 is 24.1. The van der Waals surface area contributed by atoms with Gasteiger partial charge in [0.25, 0.3) is 5.95 Å². The maximum Gasteiger partial charge on any atom is 0.317 e. The first-order valence-electron chi connectivity index (χ1n) is 9.17. The van der Waals surface area contributed by atoms with Gasteiger partial charge in [-0.2, -0.15) is 4.39 Å². The molecule has 0 bridgehead atoms. The van der Waals surface area contributed by atoms with E-state index in [-0.39, 0.29) is 11.8 Å². The molecule has 0 atom stereocenters. The predicted octanol–water partition coefficient (Wildman–Crippen LogP) is 3.57. The maximum atomic E-state index is 14.0. The quantitative estimate of drug-likeness (QED) is 0.635. The minimum Gasteiger partial charge on any atom is -0.492 e. The van der Waals surface area contributed by atoms with E-state index in [2.05, 4.69) is 15.3 Å². The largest absolute Gasteiger partial charge is 0.492 e. The van der Waals surface area contributed by atoms with E-state index in [1.165, 1.54) is 13.2 Å². The number of aromatic nitrogens is 2. The molecule has 2 aromatic heterocycles. The highest BCUT2D eigenvalue weighted by Gasteiger charge is 2.17. The Morgan fingerprint density at radius 3 is 2.86 bits per heavy atom. The normalized spacial score (nSPS) is 14.2. The van der Waals surface area contributed by atoms with Crippen LogP contribution in [0.1, 0.15) is 5.69 Å². The Labute approximate surface area is 171 Å². The van der Waals surface area contributed by atoms with Gasteiger partial charge in [0, 0.05) is 35.2 Å². The molecule has 0 unspecified atom stereocenters. The van der Waals surface area contributed by atoms with Crippen molar-refractivity contribution in [3.63, 3.8) is 0 Å². The average molecular weight is 419 g/mol. The molecule has 29 heavy (non-hydrogen) atoms. The highest BCUT2D eigenvalue weighted by atomic mass is 35.5. The van der Waals surface area contributed by atoms with Crippen LogP contribution in [0.4, 0.5) is 9.18 Å². The third-order valence-electron chi connectivity index (χ3n) is 4.80. The Morgan fingerprint density at radius 1 is 1.34 bits per heavy atom. The minimum atomic E-state index is -0.695. The number of morpholine rings is 1. The highest BCUT2D eigenvalue weighted by molar-refractivity contribution is 6.34. The van der Waals surface area contributed by atoms with E-state index >= 15 is 0 Å². The highest BCUT2D eigenvalue weighted by Crippen LogP contribution is 2.32. The van der Waals surface area contributed by atoms with Crippen molar-refractivity contribution < 1.29 is 18.7 Å². The first-order chi connectivity index (χ1) is 14.0. The second-order valence-corrected chi connectivity index (χ2v) is 7.07. The van der Waals surface area contributed by atoms with Gasteiger partial charge in [-0.1, -0.05) is 11.6 Å². The number of hydrogen-bond donors (Lipinski definition) is 2. The van der Waals surface area contributed by atoms with E-state index in [4.69, 9.17) is 21.1 Å². The fourth-order valence-corrected chi connectivity index (χ4v) is 3.55. The number of nitrogens with one attached hydrogen (secondary N) is 2. The zero-order chi connectivity index (χ0) is 20.4. The van der Waals surface area contributed by atoms with Crippen LogP contribution in [0.25, 0.3) is 22.2 Å². The molecule has 1 saturated heterocycles. The van der Waals surface area contributed by atoms with E-state index in [9.17, 15) is 9.18 Å². The van der Waals surface area contributed by atoms with Crippen molar-refractivity contribution in [3.8, 4) is 17.0 Å². The molecule has 1 fully saturated rings. The molecule has 0 spiro atoms. The zero-order valence-corrected chi connectivity index (χ0v) is 16.6. The van der Waals surface area contributed by atoms with E-state index in [0.29, 0.717) is 49.1 Å². The summed E-state index contributed by atoms with van der Waals surface area (Å²) >= 11 is 6.41. The maximum absolute atomic E-state index is 14.0. The summed E-state index contributed by atoms with van der Waals surface area (Å²) in [5.41, 5.74) is 2.67. The first-order valence-corrected chi connectivity index (χ1v) is 9.55. The number of urea groups is 1. The summed E-state index contributed by atoms with van der Waals surface area (Å²) in [6, 6.07) is 8.58. The summed E-state index contributed by atoms with van der Waals surface area (Å²) in [6.07, 6.45) is 0. The van der Waals surface area contributed by atoms with Crippen LogP contribution in [0.3, 0.4) is 0 Å². The Morgan fingerprint density at radius 2 is 2.14 bits per heavy atom. The molecule has 1 aromatic carbocycles. The van der Waals surface area contributed by atoms with E-state index in [1.54, 1.807) is 17.0 Å². The van der Waals surface area contributed by atoms with Crippen molar-refractivity contribution in [2.24, 2.45) is 0 Å². The SMILES string of the molecule is COc1ccc(-c2cc3[nH]c(CNC(=O)N4CCOCC4)cc3cc2Cl)nc1F. The lowest BCUT2D eigenvalue weighted by Crippen LogP contribution is -2.45. The van der Waals surface area contributed by atoms with Gasteiger partial charge in [-0.05, 0) is 30.3 Å². The summed E-state index contributed by atoms with van der Waals surface area (Å²) in [6.45, 7) is 2.64. The van der Waals surface area contributed by atoms with Crippen molar-refractivity contribution in [2.75, 3.05) is 33.4 Å². The number of carbonyl (C=O) groups is 1. The van der Waals surface area contributed by atoms with Gasteiger partial charge >= 0.3 is 6.03 Å². The standard InChI is InChI=1S/C20H20ClFN4O3/c1-28-18-3-2-16(25-19(18)22)14-10-17-12(9-15(14)21)8-13(24-17)11-23-20(27)26-4-6-29-7-5-26/h2-3,8-10,24H,4-7,11H2,1H3,(H,23,27). The lowest BCUT2D eigenvalue weighted by atomic mass is 10.1. The van der Waals surface area contributed by atoms with Gasteiger partial charge in [0.1, 0.15) is 0 Å². The van der Waals surface area contributed by atoms with Crippen LogP contribution >= 0.6 is 11.6 Å². The molecule has 0 aliphatic carbocycles. The number of halogens is 2. The molecule has 7 nitrogen and oxygen atoms in total. The molecule has 3 aromatic rings. The molecule has 2 N–H and O–H groups in total. The van der Waals surface area contributed by atoms with Crippen LogP contribution in [0.15, 0.2) is 30.3 Å². The van der Waals surface area contributed by atoms with Crippen molar-refractivity contribution in [2.45, 2.75) is 6.54 Å². The number of rotatable bonds is 4. The van der Waals surface area contributed by atoms with Gasteiger partial charge in [-0.25, -0.2) is 9.78 Å². The van der Waals surface area contributed by atoms with Gasteiger partial charge in [0.2, 0.25) is 0 Å². The molecule has 1 aliphatic heterocycles. The van der Waals surface area contributed by atoms with E-state index < -0.39 is 5.95 Å². The molecule has 0 radical (unpaired) electrons. The molecule has 0 saturated carbocycles. The Hall–Kier alpha value is -2.84. The molecule has 152 valence electrons. The first kappa shape index (κ1) is 19.5. The van der Waals surface area contributed by atoms with E-state index in [1.807, 2.05) is 12.1 Å². The molecule has 4 rings (SSSR count). The summed E-state index contributed by atoms with van der Waals surface area (Å²) in [5.74, 6) is -0.622. The summed E-state index contributed by atoms with van der Waals surface area (Å²) in [7, 11) is 1.39. The lowest BCUT2D eigenvalue weighted by Gasteiger charge is -2.26. The van der Waals surface area contributed by atoms with Gasteiger partial charge in [-0.3, -0.25) is 0 Å². The van der Waals surface area contributed by atoms with Crippen LogP contribution < -0.4 is 10.1 Å². The number of methoxy groups -OCH3 is 1. The topological polar surface area (TPSA) is 79.5 Å². The number of H-pyrrole nitrogens is 1. The predicted molar refractivity (Wildman–Crippen MR) is 108 cm³/mol. The van der Waals surface area contributed by atoms with Crippen molar-refractivity contribution in [1.82, 2.24) is 20.2 Å². The summed E-state index contributed by atoms with van der Waals surface area (Å²) in [5, 5.41) is 4.25. The van der Waals surface area contributed by atoms with Crippen LogP contribution in [0, 0.1) is 5.95 Å². The van der Waals surface area contributed by atoms with Gasteiger partial charge < -0.3 is 24.7 Å². The fraction of sp³-hybridized carbons (Fsp3) is 0.300. The van der Waals surface area contributed by atoms with Crippen molar-refractivity contribution >= 4 is 28.5 Å². The number of fused-ring (bicyclic) bond motifs is 1. The number of nitrogens with zero attached hydrogens (tertiary/aromatic N) is 2. The number of pyridine rings is 1. The second kappa shape index (κ2) is 8.26. The second-order valence-electron chi connectivity index (χ2n) is 6.66. The van der Waals surface area contributed by atoms with Crippen molar-refractivity contribution in [3.05, 3.63) is 47.0 Å². The van der Waals surface area contributed by atoms with Crippen LogP contribution in [0.2, 0.25) is 5.02 Å². The Kier molecular flexibility index (Phi) is 5.55.